The van der Waals surface area contributed by atoms with Crippen molar-refractivity contribution in [1.82, 2.24) is 10.9 Å². The molecule has 126 valence electrons. The lowest BCUT2D eigenvalue weighted by atomic mass is 10.1. The van der Waals surface area contributed by atoms with E-state index in [0.717, 1.165) is 6.07 Å². The van der Waals surface area contributed by atoms with Gasteiger partial charge in [-0.25, -0.2) is 4.39 Å². The Kier molecular flexibility index (Phi) is 5.73. The van der Waals surface area contributed by atoms with Gasteiger partial charge in [-0.3, -0.25) is 20.4 Å². The summed E-state index contributed by atoms with van der Waals surface area (Å²) < 4.78 is 18.4. The number of hydrazine groups is 1. The van der Waals surface area contributed by atoms with E-state index in [1.54, 1.807) is 25.1 Å². The maximum atomic E-state index is 13.2. The summed E-state index contributed by atoms with van der Waals surface area (Å²) in [6, 6.07) is 11.0. The van der Waals surface area contributed by atoms with E-state index in [-0.39, 0.29) is 12.1 Å². The highest BCUT2D eigenvalue weighted by Gasteiger charge is 2.11. The molecule has 7 heteroatoms. The largest absolute Gasteiger partial charge is 0.495 e. The Balaban J connectivity index is 1.87. The van der Waals surface area contributed by atoms with Crippen LogP contribution in [0.4, 0.5) is 10.1 Å². The first-order chi connectivity index (χ1) is 11.5. The fraction of sp³-hybridized carbons (Fsp3) is 0.176. The van der Waals surface area contributed by atoms with Crippen molar-refractivity contribution in [3.63, 3.8) is 0 Å². The van der Waals surface area contributed by atoms with Crippen molar-refractivity contribution in [2.45, 2.75) is 6.92 Å². The zero-order valence-electron chi connectivity index (χ0n) is 13.4. The Morgan fingerprint density at radius 1 is 1.12 bits per heavy atom. The third-order valence-corrected chi connectivity index (χ3v) is 3.31. The van der Waals surface area contributed by atoms with Gasteiger partial charge in [0.25, 0.3) is 11.8 Å². The van der Waals surface area contributed by atoms with E-state index in [9.17, 15) is 14.0 Å². The zero-order chi connectivity index (χ0) is 17.5. The molecule has 0 radical (unpaired) electrons. The van der Waals surface area contributed by atoms with Crippen LogP contribution in [0.1, 0.15) is 15.9 Å². The van der Waals surface area contributed by atoms with Gasteiger partial charge in [0.1, 0.15) is 11.6 Å². The van der Waals surface area contributed by atoms with Crippen molar-refractivity contribution in [3.05, 3.63) is 59.4 Å². The first kappa shape index (κ1) is 17.3. The lowest BCUT2D eigenvalue weighted by Gasteiger charge is -2.12. The van der Waals surface area contributed by atoms with Gasteiger partial charge in [0.05, 0.1) is 19.3 Å². The molecule has 0 aliphatic carbocycles. The number of carbonyl (C=O) groups is 2. The van der Waals surface area contributed by atoms with Crippen LogP contribution in [0.25, 0.3) is 0 Å². The summed E-state index contributed by atoms with van der Waals surface area (Å²) in [7, 11) is 1.53. The molecule has 0 unspecified atom stereocenters. The van der Waals surface area contributed by atoms with Gasteiger partial charge < -0.3 is 10.1 Å². The number of hydrogen-bond acceptors (Lipinski definition) is 4. The molecular weight excluding hydrogens is 313 g/mol. The summed E-state index contributed by atoms with van der Waals surface area (Å²) in [6.45, 7) is 1.61. The number of rotatable bonds is 5. The average molecular weight is 331 g/mol. The number of nitrogens with one attached hydrogen (secondary N) is 3. The molecule has 0 heterocycles. The van der Waals surface area contributed by atoms with Crippen molar-refractivity contribution < 1.29 is 18.7 Å². The Morgan fingerprint density at radius 3 is 2.62 bits per heavy atom. The number of amides is 2. The van der Waals surface area contributed by atoms with E-state index < -0.39 is 17.6 Å². The first-order valence-electron chi connectivity index (χ1n) is 7.23. The number of hydrogen-bond donors (Lipinski definition) is 3. The fourth-order valence-corrected chi connectivity index (χ4v) is 2.04. The van der Waals surface area contributed by atoms with Crippen LogP contribution in [0.15, 0.2) is 42.5 Å². The second kappa shape index (κ2) is 7.96. The normalized spacial score (nSPS) is 9.96. The van der Waals surface area contributed by atoms with Crippen LogP contribution in [-0.4, -0.2) is 25.5 Å². The van der Waals surface area contributed by atoms with Gasteiger partial charge in [-0.15, -0.1) is 0 Å². The van der Waals surface area contributed by atoms with Crippen LogP contribution < -0.4 is 20.9 Å². The standard InChI is InChI=1S/C17H18FN3O3/c1-11-7-8-12(18)9-13(11)17(23)21-20-16(22)10-19-14-5-3-4-6-15(14)24-2/h3-9,19H,10H2,1-2H3,(H,20,22)(H,21,23). The summed E-state index contributed by atoms with van der Waals surface area (Å²) in [6.07, 6.45) is 0. The molecule has 0 saturated heterocycles. The van der Waals surface area contributed by atoms with Crippen molar-refractivity contribution >= 4 is 17.5 Å². The second-order valence-corrected chi connectivity index (χ2v) is 5.02. The van der Waals surface area contributed by atoms with Gasteiger partial charge in [0.2, 0.25) is 0 Å². The van der Waals surface area contributed by atoms with Crippen molar-refractivity contribution in [3.8, 4) is 5.75 Å². The van der Waals surface area contributed by atoms with Crippen LogP contribution in [0, 0.1) is 12.7 Å². The van der Waals surface area contributed by atoms with E-state index in [0.29, 0.717) is 17.0 Å². The Labute approximate surface area is 139 Å². The highest BCUT2D eigenvalue weighted by Crippen LogP contribution is 2.22. The molecule has 24 heavy (non-hydrogen) atoms. The maximum absolute atomic E-state index is 13.2. The minimum atomic E-state index is -0.586. The van der Waals surface area contributed by atoms with Gasteiger partial charge in [-0.05, 0) is 36.8 Å². The van der Waals surface area contributed by atoms with Crippen LogP contribution in [0.2, 0.25) is 0 Å². The van der Waals surface area contributed by atoms with Gasteiger partial charge in [0.15, 0.2) is 0 Å². The summed E-state index contributed by atoms with van der Waals surface area (Å²) >= 11 is 0. The number of anilines is 1. The third-order valence-electron chi connectivity index (χ3n) is 3.31. The van der Waals surface area contributed by atoms with Crippen LogP contribution in [0.5, 0.6) is 5.75 Å². The van der Waals surface area contributed by atoms with Crippen molar-refractivity contribution in [2.24, 2.45) is 0 Å². The van der Waals surface area contributed by atoms with E-state index in [4.69, 9.17) is 4.74 Å². The SMILES string of the molecule is COc1ccccc1NCC(=O)NNC(=O)c1cc(F)ccc1C. The number of benzene rings is 2. The monoisotopic (exact) mass is 331 g/mol. The predicted molar refractivity (Wildman–Crippen MR) is 88.2 cm³/mol. The molecule has 0 aliphatic rings. The van der Waals surface area contributed by atoms with Gasteiger partial charge >= 0.3 is 0 Å². The van der Waals surface area contributed by atoms with Crippen molar-refractivity contribution in [2.75, 3.05) is 19.0 Å². The molecule has 3 N–H and O–H groups in total. The summed E-state index contributed by atoms with van der Waals surface area (Å²) in [5.74, 6) is -0.958. The van der Waals surface area contributed by atoms with Gasteiger partial charge in [-0.1, -0.05) is 18.2 Å². The number of carbonyl (C=O) groups excluding carboxylic acids is 2. The maximum Gasteiger partial charge on any atom is 0.270 e. The molecular formula is C17H18FN3O3. The molecule has 6 nitrogen and oxygen atoms in total. The lowest BCUT2D eigenvalue weighted by molar-refractivity contribution is -0.120. The molecule has 0 aliphatic heterocycles. The zero-order valence-corrected chi connectivity index (χ0v) is 13.4. The van der Waals surface area contributed by atoms with E-state index >= 15 is 0 Å². The van der Waals surface area contributed by atoms with Gasteiger partial charge in [0, 0.05) is 5.56 Å². The molecule has 2 amide bonds. The number of aryl methyl sites for hydroxylation is 1. The minimum Gasteiger partial charge on any atom is -0.495 e. The van der Waals surface area contributed by atoms with Crippen LogP contribution in [-0.2, 0) is 4.79 Å². The number of methoxy groups -OCH3 is 1. The molecule has 0 atom stereocenters. The Hall–Kier alpha value is -3.09. The molecule has 0 aromatic heterocycles. The van der Waals surface area contributed by atoms with Crippen LogP contribution in [0.3, 0.4) is 0 Å². The smallest absolute Gasteiger partial charge is 0.270 e. The first-order valence-corrected chi connectivity index (χ1v) is 7.23. The van der Waals surface area contributed by atoms with Gasteiger partial charge in [-0.2, -0.15) is 0 Å². The van der Waals surface area contributed by atoms with Crippen LogP contribution >= 0.6 is 0 Å². The van der Waals surface area contributed by atoms with E-state index in [2.05, 4.69) is 16.2 Å². The molecule has 0 bridgehead atoms. The molecule has 0 saturated carbocycles. The number of halogens is 1. The Morgan fingerprint density at radius 2 is 1.88 bits per heavy atom. The molecule has 2 aromatic carbocycles. The molecule has 2 rings (SSSR count). The minimum absolute atomic E-state index is 0.0667. The predicted octanol–water partition coefficient (Wildman–Crippen LogP) is 2.02. The van der Waals surface area contributed by atoms with E-state index in [1.807, 2.05) is 6.07 Å². The lowest BCUT2D eigenvalue weighted by Crippen LogP contribution is -2.44. The highest BCUT2D eigenvalue weighted by molar-refractivity contribution is 5.97. The summed E-state index contributed by atoms with van der Waals surface area (Å²) in [5.41, 5.74) is 5.95. The number of para-hydroxylation sites is 2. The molecule has 2 aromatic rings. The fourth-order valence-electron chi connectivity index (χ4n) is 2.04. The molecule has 0 fully saturated rings. The van der Waals surface area contributed by atoms with E-state index in [1.165, 1.54) is 19.2 Å². The highest BCUT2D eigenvalue weighted by atomic mass is 19.1. The quantitative estimate of drug-likeness (QED) is 0.732. The topological polar surface area (TPSA) is 79.5 Å². The average Bonchev–Trinajstić information content (AvgIpc) is 2.60. The number of ether oxygens (including phenoxy) is 1. The Bertz CT molecular complexity index is 750. The summed E-state index contributed by atoms with van der Waals surface area (Å²) in [5, 5.41) is 2.90. The molecule has 0 spiro atoms. The van der Waals surface area contributed by atoms with Crippen molar-refractivity contribution in [1.29, 1.82) is 0 Å². The second-order valence-electron chi connectivity index (χ2n) is 5.02. The third kappa shape index (κ3) is 4.45. The summed E-state index contributed by atoms with van der Waals surface area (Å²) in [4.78, 5) is 23.8.